The zero-order valence-corrected chi connectivity index (χ0v) is 17.0. The number of nitrogens with zero attached hydrogens (tertiary/aromatic N) is 1. The molecule has 0 aromatic heterocycles. The van der Waals surface area contributed by atoms with Gasteiger partial charge in [-0.25, -0.2) is 4.79 Å². The van der Waals surface area contributed by atoms with E-state index in [2.05, 4.69) is 0 Å². The predicted molar refractivity (Wildman–Crippen MR) is 101 cm³/mol. The largest absolute Gasteiger partial charge is 0.419 e. The fourth-order valence-corrected chi connectivity index (χ4v) is 4.51. The fourth-order valence-electron chi connectivity index (χ4n) is 2.82. The number of carbonyl (C=O) groups is 2. The maximum absolute atomic E-state index is 13.1. The Hall–Kier alpha value is -1.95. The normalized spacial score (nSPS) is 17.8. The van der Waals surface area contributed by atoms with Gasteiger partial charge in [-0.1, -0.05) is 32.0 Å². The molecule has 0 radical (unpaired) electrons. The van der Waals surface area contributed by atoms with Crippen LogP contribution in [0.5, 0.6) is 5.75 Å². The molecule has 1 unspecified atom stereocenters. The first kappa shape index (κ1) is 21.4. The summed E-state index contributed by atoms with van der Waals surface area (Å²) in [6.45, 7) is 7.37. The van der Waals surface area contributed by atoms with Crippen LogP contribution in [0.4, 0.5) is 4.79 Å². The Morgan fingerprint density at radius 1 is 1.19 bits per heavy atom. The molecule has 1 amide bonds. The van der Waals surface area contributed by atoms with Gasteiger partial charge in [0.25, 0.3) is 0 Å². The van der Waals surface area contributed by atoms with E-state index in [-0.39, 0.29) is 36.6 Å². The lowest BCUT2D eigenvalue weighted by Gasteiger charge is -2.35. The highest BCUT2D eigenvalue weighted by atomic mass is 31.2. The summed E-state index contributed by atoms with van der Waals surface area (Å²) in [5.74, 6) is 0.0333. The van der Waals surface area contributed by atoms with E-state index in [9.17, 15) is 14.2 Å². The maximum atomic E-state index is 13.1. The van der Waals surface area contributed by atoms with Gasteiger partial charge in [-0.3, -0.25) is 14.3 Å². The van der Waals surface area contributed by atoms with Gasteiger partial charge in [0.1, 0.15) is 11.1 Å². The van der Waals surface area contributed by atoms with Gasteiger partial charge in [0, 0.05) is 18.7 Å². The van der Waals surface area contributed by atoms with Crippen LogP contribution in [-0.4, -0.2) is 36.0 Å². The monoisotopic (exact) mass is 395 g/mol. The fraction of sp³-hybridized carbons (Fsp3) is 0.474. The highest BCUT2D eigenvalue weighted by Crippen LogP contribution is 2.57. The molecule has 0 fully saturated rings. The van der Waals surface area contributed by atoms with E-state index in [1.54, 1.807) is 38.1 Å². The minimum Gasteiger partial charge on any atom is -0.410 e. The lowest BCUT2D eigenvalue weighted by atomic mass is 9.95. The molecule has 0 bridgehead atoms. The van der Waals surface area contributed by atoms with Crippen LogP contribution in [0.3, 0.4) is 0 Å². The molecule has 1 atom stereocenters. The van der Waals surface area contributed by atoms with Crippen molar-refractivity contribution in [2.45, 2.75) is 40.2 Å². The first-order valence-corrected chi connectivity index (χ1v) is 10.6. The van der Waals surface area contributed by atoms with Crippen LogP contribution in [-0.2, 0) is 18.4 Å². The second-order valence-electron chi connectivity index (χ2n) is 6.37. The minimum absolute atomic E-state index is 0.00588. The number of Topliss-reactive ketones (excluding diaryl/α,β-unsaturated/α-hetero) is 1. The Morgan fingerprint density at radius 3 is 2.30 bits per heavy atom. The molecule has 0 saturated carbocycles. The van der Waals surface area contributed by atoms with Crippen LogP contribution in [0.1, 0.15) is 34.1 Å². The van der Waals surface area contributed by atoms with Crippen molar-refractivity contribution in [2.24, 2.45) is 5.92 Å². The smallest absolute Gasteiger partial charge is 0.410 e. The predicted octanol–water partition coefficient (Wildman–Crippen LogP) is 4.59. The first-order chi connectivity index (χ1) is 12.8. The molecule has 1 aliphatic heterocycles. The van der Waals surface area contributed by atoms with Crippen LogP contribution < -0.4 is 4.74 Å². The van der Waals surface area contributed by atoms with E-state index in [1.165, 1.54) is 11.1 Å². The van der Waals surface area contributed by atoms with Crippen LogP contribution in [0, 0.1) is 5.92 Å². The molecule has 0 aliphatic carbocycles. The Kier molecular flexibility index (Phi) is 7.36. The molecular weight excluding hydrogens is 369 g/mol. The summed E-state index contributed by atoms with van der Waals surface area (Å²) in [7, 11) is -3.81. The average molecular weight is 395 g/mol. The van der Waals surface area contributed by atoms with Gasteiger partial charge in [-0.05, 0) is 31.9 Å². The Balaban J connectivity index is 2.40. The van der Waals surface area contributed by atoms with Crippen LogP contribution >= 0.6 is 7.60 Å². The SMILES string of the molecule is CCOP(=O)(OCC)C1=CN(C(=O)Oc2ccccc2)C(C(C)C)CC1=O. The summed E-state index contributed by atoms with van der Waals surface area (Å²) >= 11 is 0. The van der Waals surface area contributed by atoms with E-state index in [0.717, 1.165) is 0 Å². The molecule has 0 spiro atoms. The van der Waals surface area contributed by atoms with Gasteiger partial charge in [0.05, 0.1) is 13.2 Å². The third-order valence-corrected chi connectivity index (χ3v) is 6.27. The third-order valence-electron chi connectivity index (χ3n) is 4.12. The molecular formula is C19H26NO6P. The van der Waals surface area contributed by atoms with Crippen molar-refractivity contribution in [2.75, 3.05) is 13.2 Å². The number of ketones is 1. The van der Waals surface area contributed by atoms with E-state index in [4.69, 9.17) is 13.8 Å². The number of hydrogen-bond donors (Lipinski definition) is 0. The van der Waals surface area contributed by atoms with Crippen molar-refractivity contribution in [1.29, 1.82) is 0 Å². The van der Waals surface area contributed by atoms with Crippen LogP contribution in [0.15, 0.2) is 41.8 Å². The maximum Gasteiger partial charge on any atom is 0.419 e. The molecule has 27 heavy (non-hydrogen) atoms. The van der Waals surface area contributed by atoms with E-state index < -0.39 is 19.7 Å². The highest BCUT2D eigenvalue weighted by molar-refractivity contribution is 7.60. The number of rotatable bonds is 7. The van der Waals surface area contributed by atoms with Crippen molar-refractivity contribution in [3.05, 3.63) is 41.8 Å². The Bertz CT molecular complexity index is 736. The quantitative estimate of drug-likeness (QED) is 0.628. The molecule has 1 aliphatic rings. The zero-order chi connectivity index (χ0) is 20.0. The molecule has 7 nitrogen and oxygen atoms in total. The van der Waals surface area contributed by atoms with Gasteiger partial charge in [0.15, 0.2) is 5.78 Å². The van der Waals surface area contributed by atoms with Crippen molar-refractivity contribution in [3.63, 3.8) is 0 Å². The molecule has 2 rings (SSSR count). The molecule has 148 valence electrons. The van der Waals surface area contributed by atoms with Crippen molar-refractivity contribution in [1.82, 2.24) is 4.90 Å². The summed E-state index contributed by atoms with van der Waals surface area (Å²) in [5.41, 5.74) is 0. The van der Waals surface area contributed by atoms with Gasteiger partial charge in [-0.15, -0.1) is 0 Å². The number of hydrogen-bond acceptors (Lipinski definition) is 6. The molecule has 1 aromatic carbocycles. The molecule has 1 aromatic rings. The summed E-state index contributed by atoms with van der Waals surface area (Å²) in [4.78, 5) is 26.7. The number of allylic oxidation sites excluding steroid dienone is 1. The molecule has 0 saturated heterocycles. The zero-order valence-electron chi connectivity index (χ0n) is 16.1. The topological polar surface area (TPSA) is 82.1 Å². The summed E-state index contributed by atoms with van der Waals surface area (Å²) in [5, 5.41) is -0.117. The summed E-state index contributed by atoms with van der Waals surface area (Å²) in [6.07, 6.45) is 0.648. The number of ether oxygens (including phenoxy) is 1. The lowest BCUT2D eigenvalue weighted by molar-refractivity contribution is -0.117. The first-order valence-electron chi connectivity index (χ1n) is 9.02. The van der Waals surface area contributed by atoms with Crippen molar-refractivity contribution >= 4 is 19.5 Å². The van der Waals surface area contributed by atoms with Crippen molar-refractivity contribution < 1.29 is 27.9 Å². The standard InChI is InChI=1S/C19H26NO6P/c1-5-24-27(23,25-6-2)18-13-20(16(14(3)4)12-17(18)21)19(22)26-15-10-8-7-9-11-15/h7-11,13-14,16H,5-6,12H2,1-4H3. The van der Waals surface area contributed by atoms with Gasteiger partial charge >= 0.3 is 13.7 Å². The molecule has 8 heteroatoms. The average Bonchev–Trinajstić information content (AvgIpc) is 2.62. The number of benzene rings is 1. The third kappa shape index (κ3) is 5.06. The number of carbonyl (C=O) groups excluding carboxylic acids is 2. The summed E-state index contributed by atoms with van der Waals surface area (Å²) < 4.78 is 29.1. The van der Waals surface area contributed by atoms with Crippen molar-refractivity contribution in [3.8, 4) is 5.75 Å². The second kappa shape index (κ2) is 9.31. The molecule has 0 N–H and O–H groups in total. The summed E-state index contributed by atoms with van der Waals surface area (Å²) in [6, 6.07) is 8.23. The Labute approximate surface area is 159 Å². The van der Waals surface area contributed by atoms with E-state index in [1.807, 2.05) is 19.9 Å². The molecule has 1 heterocycles. The number of amides is 1. The van der Waals surface area contributed by atoms with Gasteiger partial charge in [-0.2, -0.15) is 0 Å². The van der Waals surface area contributed by atoms with Crippen LogP contribution in [0.25, 0.3) is 0 Å². The second-order valence-corrected chi connectivity index (χ2v) is 8.37. The van der Waals surface area contributed by atoms with E-state index >= 15 is 0 Å². The minimum atomic E-state index is -3.81. The number of para-hydroxylation sites is 1. The van der Waals surface area contributed by atoms with Gasteiger partial charge in [0.2, 0.25) is 0 Å². The van der Waals surface area contributed by atoms with E-state index in [0.29, 0.717) is 5.75 Å². The van der Waals surface area contributed by atoms with Gasteiger partial charge < -0.3 is 13.8 Å². The van der Waals surface area contributed by atoms with Crippen LogP contribution in [0.2, 0.25) is 0 Å². The Morgan fingerprint density at radius 2 is 1.78 bits per heavy atom. The highest BCUT2D eigenvalue weighted by Gasteiger charge is 2.42. The lowest BCUT2D eigenvalue weighted by Crippen LogP contribution is -2.45.